The Morgan fingerprint density at radius 3 is 2.65 bits per heavy atom. The molecule has 0 spiro atoms. The first-order chi connectivity index (χ1) is 9.61. The Bertz CT molecular complexity index is 466. The van der Waals surface area contributed by atoms with E-state index < -0.39 is 0 Å². The van der Waals surface area contributed by atoms with Crippen LogP contribution in [0, 0.1) is 5.92 Å². The summed E-state index contributed by atoms with van der Waals surface area (Å²) >= 11 is 0. The van der Waals surface area contributed by atoms with Gasteiger partial charge in [-0.25, -0.2) is 0 Å². The second-order valence-electron chi connectivity index (χ2n) is 5.50. The standard InChI is InChI=1S/C15H23N3O2/c1-11(19)12-6-8-18(9-7-12)10-13-4-2-3-5-14(13)15(16)17-20/h2-5,11-12,19-20H,6-10H2,1H3,(H2,16,17). The quantitative estimate of drug-likeness (QED) is 0.336. The summed E-state index contributed by atoms with van der Waals surface area (Å²) in [5.41, 5.74) is 7.56. The normalized spacial score (nSPS) is 20.0. The summed E-state index contributed by atoms with van der Waals surface area (Å²) in [4.78, 5) is 2.35. The molecular weight excluding hydrogens is 254 g/mol. The largest absolute Gasteiger partial charge is 0.409 e. The van der Waals surface area contributed by atoms with Gasteiger partial charge in [-0.2, -0.15) is 0 Å². The first kappa shape index (κ1) is 14.8. The van der Waals surface area contributed by atoms with Crippen molar-refractivity contribution in [2.75, 3.05) is 13.1 Å². The van der Waals surface area contributed by atoms with Gasteiger partial charge in [0.05, 0.1) is 6.10 Å². The minimum absolute atomic E-state index is 0.152. The van der Waals surface area contributed by atoms with E-state index in [0.29, 0.717) is 5.92 Å². The van der Waals surface area contributed by atoms with Gasteiger partial charge in [-0.05, 0) is 44.3 Å². The van der Waals surface area contributed by atoms with Gasteiger partial charge in [0.1, 0.15) is 0 Å². The van der Waals surface area contributed by atoms with Gasteiger partial charge in [0.15, 0.2) is 5.84 Å². The predicted octanol–water partition coefficient (Wildman–Crippen LogP) is 1.37. The lowest BCUT2D eigenvalue weighted by molar-refractivity contribution is 0.0695. The van der Waals surface area contributed by atoms with Gasteiger partial charge >= 0.3 is 0 Å². The van der Waals surface area contributed by atoms with Crippen molar-refractivity contribution in [2.24, 2.45) is 16.8 Å². The Kier molecular flexibility index (Phi) is 4.98. The van der Waals surface area contributed by atoms with Gasteiger partial charge in [-0.1, -0.05) is 29.4 Å². The van der Waals surface area contributed by atoms with E-state index in [0.717, 1.165) is 43.6 Å². The monoisotopic (exact) mass is 277 g/mol. The van der Waals surface area contributed by atoms with Crippen molar-refractivity contribution < 1.29 is 10.3 Å². The molecule has 0 radical (unpaired) electrons. The van der Waals surface area contributed by atoms with Crippen LogP contribution in [0.15, 0.2) is 29.4 Å². The summed E-state index contributed by atoms with van der Waals surface area (Å²) in [5, 5.41) is 21.5. The Labute approximate surface area is 119 Å². The lowest BCUT2D eigenvalue weighted by Crippen LogP contribution is -2.37. The Hall–Kier alpha value is -1.59. The molecule has 1 heterocycles. The van der Waals surface area contributed by atoms with E-state index in [9.17, 15) is 5.11 Å². The number of aliphatic hydroxyl groups excluding tert-OH is 1. The molecule has 110 valence electrons. The zero-order valence-corrected chi connectivity index (χ0v) is 11.9. The highest BCUT2D eigenvalue weighted by atomic mass is 16.4. The van der Waals surface area contributed by atoms with Crippen molar-refractivity contribution >= 4 is 5.84 Å². The molecule has 1 aliphatic rings. The summed E-state index contributed by atoms with van der Waals surface area (Å²) in [6.45, 7) is 4.60. The topological polar surface area (TPSA) is 82.1 Å². The van der Waals surface area contributed by atoms with Gasteiger partial charge in [-0.15, -0.1) is 0 Å². The van der Waals surface area contributed by atoms with Crippen molar-refractivity contribution in [2.45, 2.75) is 32.4 Å². The summed E-state index contributed by atoms with van der Waals surface area (Å²) in [7, 11) is 0. The van der Waals surface area contributed by atoms with Crippen LogP contribution >= 0.6 is 0 Å². The number of aliphatic hydroxyl groups is 1. The number of likely N-dealkylation sites (tertiary alicyclic amines) is 1. The molecule has 1 aromatic rings. The van der Waals surface area contributed by atoms with Crippen LogP contribution in [0.4, 0.5) is 0 Å². The molecule has 0 saturated carbocycles. The van der Waals surface area contributed by atoms with Crippen molar-refractivity contribution in [3.05, 3.63) is 35.4 Å². The van der Waals surface area contributed by atoms with Crippen LogP contribution in [-0.4, -0.2) is 40.2 Å². The average Bonchev–Trinajstić information content (AvgIpc) is 2.47. The molecule has 5 heteroatoms. The second kappa shape index (κ2) is 6.72. The number of hydrogen-bond acceptors (Lipinski definition) is 4. The lowest BCUT2D eigenvalue weighted by Gasteiger charge is -2.33. The molecule has 1 aliphatic heterocycles. The molecule has 2 rings (SSSR count). The smallest absolute Gasteiger partial charge is 0.170 e. The molecule has 1 saturated heterocycles. The maximum absolute atomic E-state index is 9.62. The van der Waals surface area contributed by atoms with Gasteiger partial charge in [-0.3, -0.25) is 4.90 Å². The first-order valence-electron chi connectivity index (χ1n) is 7.08. The summed E-state index contributed by atoms with van der Waals surface area (Å²) in [6, 6.07) is 7.73. The van der Waals surface area contributed by atoms with E-state index in [4.69, 9.17) is 10.9 Å². The Morgan fingerprint density at radius 2 is 2.05 bits per heavy atom. The zero-order valence-electron chi connectivity index (χ0n) is 11.9. The van der Waals surface area contributed by atoms with E-state index >= 15 is 0 Å². The van der Waals surface area contributed by atoms with Crippen LogP contribution in [0.2, 0.25) is 0 Å². The molecule has 1 unspecified atom stereocenters. The molecule has 1 aromatic carbocycles. The highest BCUT2D eigenvalue weighted by Gasteiger charge is 2.23. The summed E-state index contributed by atoms with van der Waals surface area (Å²) in [6.07, 6.45) is 1.81. The van der Waals surface area contributed by atoms with Crippen molar-refractivity contribution in [1.29, 1.82) is 0 Å². The van der Waals surface area contributed by atoms with Gasteiger partial charge in [0.25, 0.3) is 0 Å². The number of amidine groups is 1. The number of nitrogens with zero attached hydrogens (tertiary/aromatic N) is 2. The first-order valence-corrected chi connectivity index (χ1v) is 7.08. The third-order valence-corrected chi connectivity index (χ3v) is 4.11. The maximum Gasteiger partial charge on any atom is 0.170 e. The molecule has 0 bridgehead atoms. The number of nitrogens with two attached hydrogens (primary N) is 1. The van der Waals surface area contributed by atoms with E-state index in [1.807, 2.05) is 31.2 Å². The van der Waals surface area contributed by atoms with E-state index in [2.05, 4.69) is 10.1 Å². The molecule has 0 aromatic heterocycles. The minimum atomic E-state index is -0.221. The van der Waals surface area contributed by atoms with Crippen molar-refractivity contribution in [3.63, 3.8) is 0 Å². The number of oxime groups is 1. The van der Waals surface area contributed by atoms with Crippen LogP contribution in [-0.2, 0) is 6.54 Å². The molecule has 1 atom stereocenters. The maximum atomic E-state index is 9.62. The second-order valence-corrected chi connectivity index (χ2v) is 5.50. The van der Waals surface area contributed by atoms with Gasteiger partial charge in [0.2, 0.25) is 0 Å². The fourth-order valence-corrected chi connectivity index (χ4v) is 2.80. The summed E-state index contributed by atoms with van der Waals surface area (Å²) < 4.78 is 0. The molecule has 4 N–H and O–H groups in total. The molecule has 1 fully saturated rings. The van der Waals surface area contributed by atoms with Crippen LogP contribution in [0.25, 0.3) is 0 Å². The number of benzene rings is 1. The number of rotatable bonds is 4. The van der Waals surface area contributed by atoms with Crippen LogP contribution < -0.4 is 5.73 Å². The van der Waals surface area contributed by atoms with E-state index in [-0.39, 0.29) is 11.9 Å². The van der Waals surface area contributed by atoms with Gasteiger partial charge in [0, 0.05) is 12.1 Å². The minimum Gasteiger partial charge on any atom is -0.409 e. The highest BCUT2D eigenvalue weighted by Crippen LogP contribution is 2.22. The Balaban J connectivity index is 2.01. The van der Waals surface area contributed by atoms with Crippen LogP contribution in [0.5, 0.6) is 0 Å². The SMILES string of the molecule is CC(O)C1CCN(Cc2ccccc2/C(N)=N/O)CC1. The van der Waals surface area contributed by atoms with Crippen molar-refractivity contribution in [3.8, 4) is 0 Å². The fraction of sp³-hybridized carbons (Fsp3) is 0.533. The molecule has 0 aliphatic carbocycles. The highest BCUT2D eigenvalue weighted by molar-refractivity contribution is 5.98. The lowest BCUT2D eigenvalue weighted by atomic mass is 9.92. The van der Waals surface area contributed by atoms with Crippen LogP contribution in [0.1, 0.15) is 30.9 Å². The van der Waals surface area contributed by atoms with Crippen molar-refractivity contribution in [1.82, 2.24) is 4.90 Å². The fourth-order valence-electron chi connectivity index (χ4n) is 2.80. The van der Waals surface area contributed by atoms with Gasteiger partial charge < -0.3 is 16.0 Å². The third-order valence-electron chi connectivity index (χ3n) is 4.11. The molecule has 20 heavy (non-hydrogen) atoms. The van der Waals surface area contributed by atoms with Crippen LogP contribution in [0.3, 0.4) is 0 Å². The molecular formula is C15H23N3O2. The summed E-state index contributed by atoms with van der Waals surface area (Å²) in [5.74, 6) is 0.560. The molecule has 0 amide bonds. The van der Waals surface area contributed by atoms with E-state index in [1.165, 1.54) is 0 Å². The number of hydrogen-bond donors (Lipinski definition) is 3. The number of piperidine rings is 1. The predicted molar refractivity (Wildman–Crippen MR) is 78.6 cm³/mol. The third kappa shape index (κ3) is 3.49. The zero-order chi connectivity index (χ0) is 14.5. The molecule has 5 nitrogen and oxygen atoms in total. The average molecular weight is 277 g/mol. The Morgan fingerprint density at radius 1 is 1.40 bits per heavy atom. The van der Waals surface area contributed by atoms with E-state index in [1.54, 1.807) is 0 Å².